The summed E-state index contributed by atoms with van der Waals surface area (Å²) in [5.41, 5.74) is 3.16. The molecule has 1 saturated heterocycles. The number of fused-ring (bicyclic) bond motifs is 1. The molecule has 0 spiro atoms. The van der Waals surface area contributed by atoms with Crippen LogP contribution in [-0.2, 0) is 33.9 Å². The maximum absolute atomic E-state index is 12.2. The summed E-state index contributed by atoms with van der Waals surface area (Å²) in [6, 6.07) is 6.25. The molecule has 0 saturated carbocycles. The van der Waals surface area contributed by atoms with Crippen LogP contribution in [0.2, 0.25) is 0 Å². The van der Waals surface area contributed by atoms with Crippen molar-refractivity contribution >= 4 is 15.7 Å². The predicted molar refractivity (Wildman–Crippen MR) is 82.0 cm³/mol. The Morgan fingerprint density at radius 1 is 1.29 bits per heavy atom. The van der Waals surface area contributed by atoms with Gasteiger partial charge in [-0.25, -0.2) is 8.42 Å². The minimum atomic E-state index is -3.00. The lowest BCUT2D eigenvalue weighted by Crippen LogP contribution is -2.47. The van der Waals surface area contributed by atoms with Gasteiger partial charge in [-0.3, -0.25) is 4.79 Å². The minimum Gasteiger partial charge on any atom is -0.350 e. The summed E-state index contributed by atoms with van der Waals surface area (Å²) in [6.45, 7) is 1.82. The van der Waals surface area contributed by atoms with Gasteiger partial charge in [0.05, 0.1) is 23.5 Å². The van der Waals surface area contributed by atoms with Gasteiger partial charge >= 0.3 is 0 Å². The Morgan fingerprint density at radius 3 is 2.76 bits per heavy atom. The van der Waals surface area contributed by atoms with Crippen molar-refractivity contribution in [2.45, 2.75) is 44.6 Å². The molecule has 3 rings (SSSR count). The number of hydrogen-bond acceptors (Lipinski definition) is 3. The average molecular weight is 307 g/mol. The molecule has 1 N–H and O–H groups in total. The molecular weight excluding hydrogens is 286 g/mol. The van der Waals surface area contributed by atoms with Crippen LogP contribution in [-0.4, -0.2) is 31.4 Å². The Hall–Kier alpha value is -1.36. The number of hydrogen-bond donors (Lipinski definition) is 1. The van der Waals surface area contributed by atoms with Crippen molar-refractivity contribution in [2.75, 3.05) is 11.5 Å². The first-order chi connectivity index (χ1) is 9.85. The molecule has 0 unspecified atom stereocenters. The minimum absolute atomic E-state index is 0.0515. The van der Waals surface area contributed by atoms with E-state index in [9.17, 15) is 13.2 Å². The van der Waals surface area contributed by atoms with Gasteiger partial charge in [-0.1, -0.05) is 18.2 Å². The van der Waals surface area contributed by atoms with Crippen LogP contribution in [0.15, 0.2) is 18.2 Å². The van der Waals surface area contributed by atoms with E-state index in [1.165, 1.54) is 17.5 Å². The molecule has 1 aliphatic carbocycles. The SMILES string of the molecule is C[C@@]1(NC(=O)Cc2ccc3c(c2)CCC3)CCS(=O)(=O)C1. The number of sulfone groups is 1. The molecule has 1 aromatic carbocycles. The van der Waals surface area contributed by atoms with Gasteiger partial charge in [-0.15, -0.1) is 0 Å². The average Bonchev–Trinajstić information content (AvgIpc) is 2.92. The zero-order chi connectivity index (χ0) is 15.1. The summed E-state index contributed by atoms with van der Waals surface area (Å²) in [5.74, 6) is 0.131. The molecule has 1 heterocycles. The third kappa shape index (κ3) is 3.28. The van der Waals surface area contributed by atoms with E-state index in [0.717, 1.165) is 18.4 Å². The zero-order valence-corrected chi connectivity index (χ0v) is 13.1. The third-order valence-electron chi connectivity index (χ3n) is 4.47. The fraction of sp³-hybridized carbons (Fsp3) is 0.562. The quantitative estimate of drug-likeness (QED) is 0.918. The summed E-state index contributed by atoms with van der Waals surface area (Å²) >= 11 is 0. The van der Waals surface area contributed by atoms with E-state index < -0.39 is 15.4 Å². The van der Waals surface area contributed by atoms with Gasteiger partial charge in [0.1, 0.15) is 0 Å². The number of nitrogens with one attached hydrogen (secondary N) is 1. The molecule has 1 atom stereocenters. The van der Waals surface area contributed by atoms with Crippen LogP contribution in [0.3, 0.4) is 0 Å². The summed E-state index contributed by atoms with van der Waals surface area (Å²) < 4.78 is 23.1. The normalized spacial score (nSPS) is 26.5. The number of aryl methyl sites for hydroxylation is 2. The fourth-order valence-corrected chi connectivity index (χ4v) is 5.50. The smallest absolute Gasteiger partial charge is 0.224 e. The van der Waals surface area contributed by atoms with Gasteiger partial charge in [0.2, 0.25) is 5.91 Å². The highest BCUT2D eigenvalue weighted by atomic mass is 32.2. The predicted octanol–water partition coefficient (Wildman–Crippen LogP) is 1.41. The molecule has 21 heavy (non-hydrogen) atoms. The molecule has 0 aromatic heterocycles. The Labute approximate surface area is 125 Å². The highest BCUT2D eigenvalue weighted by Gasteiger charge is 2.39. The number of rotatable bonds is 3. The molecule has 5 heteroatoms. The molecule has 0 bridgehead atoms. The third-order valence-corrected chi connectivity index (χ3v) is 6.38. The molecule has 4 nitrogen and oxygen atoms in total. The number of carbonyl (C=O) groups is 1. The first-order valence-electron chi connectivity index (χ1n) is 7.47. The maximum atomic E-state index is 12.2. The molecular formula is C16H21NO3S. The molecule has 2 aliphatic rings. The van der Waals surface area contributed by atoms with E-state index in [-0.39, 0.29) is 17.4 Å². The Balaban J connectivity index is 1.64. The van der Waals surface area contributed by atoms with E-state index in [0.29, 0.717) is 12.8 Å². The molecule has 1 amide bonds. The highest BCUT2D eigenvalue weighted by molar-refractivity contribution is 7.91. The van der Waals surface area contributed by atoms with Crippen LogP contribution in [0.25, 0.3) is 0 Å². The van der Waals surface area contributed by atoms with E-state index in [4.69, 9.17) is 0 Å². The largest absolute Gasteiger partial charge is 0.350 e. The van der Waals surface area contributed by atoms with Gasteiger partial charge in [0.15, 0.2) is 9.84 Å². The van der Waals surface area contributed by atoms with Gasteiger partial charge in [0.25, 0.3) is 0 Å². The molecule has 1 aliphatic heterocycles. The summed E-state index contributed by atoms with van der Waals surface area (Å²) in [7, 11) is -3.00. The number of carbonyl (C=O) groups excluding carboxylic acids is 1. The summed E-state index contributed by atoms with van der Waals surface area (Å²) in [5, 5.41) is 2.91. The topological polar surface area (TPSA) is 63.2 Å². The van der Waals surface area contributed by atoms with E-state index >= 15 is 0 Å². The van der Waals surface area contributed by atoms with Crippen LogP contribution < -0.4 is 5.32 Å². The van der Waals surface area contributed by atoms with Crippen molar-refractivity contribution in [3.05, 3.63) is 34.9 Å². The van der Waals surface area contributed by atoms with Crippen LogP contribution >= 0.6 is 0 Å². The van der Waals surface area contributed by atoms with Crippen molar-refractivity contribution in [1.29, 1.82) is 0 Å². The van der Waals surface area contributed by atoms with E-state index in [1.54, 1.807) is 0 Å². The van der Waals surface area contributed by atoms with E-state index in [2.05, 4.69) is 17.4 Å². The van der Waals surface area contributed by atoms with Crippen molar-refractivity contribution in [2.24, 2.45) is 0 Å². The lowest BCUT2D eigenvalue weighted by Gasteiger charge is -2.24. The molecule has 114 valence electrons. The van der Waals surface area contributed by atoms with Gasteiger partial charge < -0.3 is 5.32 Å². The van der Waals surface area contributed by atoms with Crippen molar-refractivity contribution in [3.8, 4) is 0 Å². The van der Waals surface area contributed by atoms with Crippen LogP contribution in [0.4, 0.5) is 0 Å². The van der Waals surface area contributed by atoms with Crippen LogP contribution in [0.5, 0.6) is 0 Å². The molecule has 0 radical (unpaired) electrons. The first kappa shape index (κ1) is 14.6. The van der Waals surface area contributed by atoms with Crippen molar-refractivity contribution < 1.29 is 13.2 Å². The highest BCUT2D eigenvalue weighted by Crippen LogP contribution is 2.24. The van der Waals surface area contributed by atoms with Crippen LogP contribution in [0, 0.1) is 0 Å². The lowest BCUT2D eigenvalue weighted by atomic mass is 10.0. The molecule has 1 fully saturated rings. The monoisotopic (exact) mass is 307 g/mol. The summed E-state index contributed by atoms with van der Waals surface area (Å²) in [4.78, 5) is 12.2. The number of benzene rings is 1. The first-order valence-corrected chi connectivity index (χ1v) is 9.30. The standard InChI is InChI=1S/C16H21NO3S/c1-16(7-8-21(19,20)11-16)17-15(18)10-12-5-6-13-3-2-4-14(13)9-12/h5-6,9H,2-4,7-8,10-11H2,1H3,(H,17,18)/t16-/m1/s1. The van der Waals surface area contributed by atoms with Gasteiger partial charge in [-0.05, 0) is 49.3 Å². The van der Waals surface area contributed by atoms with Gasteiger partial charge in [-0.2, -0.15) is 0 Å². The number of amides is 1. The second-order valence-electron chi connectivity index (χ2n) is 6.58. The van der Waals surface area contributed by atoms with Crippen molar-refractivity contribution in [1.82, 2.24) is 5.32 Å². The lowest BCUT2D eigenvalue weighted by molar-refractivity contribution is -0.121. The zero-order valence-electron chi connectivity index (χ0n) is 12.3. The van der Waals surface area contributed by atoms with Crippen LogP contribution in [0.1, 0.15) is 36.5 Å². The Kier molecular flexibility index (Phi) is 3.56. The fourth-order valence-electron chi connectivity index (χ4n) is 3.41. The Morgan fingerprint density at radius 2 is 2.05 bits per heavy atom. The Bertz CT molecular complexity index is 681. The van der Waals surface area contributed by atoms with Gasteiger partial charge in [0, 0.05) is 0 Å². The molecule has 1 aromatic rings. The van der Waals surface area contributed by atoms with Crippen molar-refractivity contribution in [3.63, 3.8) is 0 Å². The second-order valence-corrected chi connectivity index (χ2v) is 8.77. The maximum Gasteiger partial charge on any atom is 0.224 e. The second kappa shape index (κ2) is 5.13. The van der Waals surface area contributed by atoms with E-state index in [1.807, 2.05) is 13.0 Å². The summed E-state index contributed by atoms with van der Waals surface area (Å²) in [6.07, 6.45) is 4.26.